The lowest BCUT2D eigenvalue weighted by atomic mass is 9.80. The maximum Gasteiger partial charge on any atom is 0.391 e. The number of carbonyl (C=O) groups excluding carboxylic acids is 1. The van der Waals surface area contributed by atoms with Crippen LogP contribution in [0.1, 0.15) is 32.1 Å². The summed E-state index contributed by atoms with van der Waals surface area (Å²) in [5, 5.41) is 18.6. The van der Waals surface area contributed by atoms with Gasteiger partial charge in [-0.3, -0.25) is 4.79 Å². The number of carboxylic acid groups (broad SMARTS) is 1. The first-order valence-electron chi connectivity index (χ1n) is 6.98. The smallest absolute Gasteiger partial charge is 0.391 e. The molecule has 0 bridgehead atoms. The van der Waals surface area contributed by atoms with Gasteiger partial charge in [-0.25, -0.2) is 4.79 Å². The summed E-state index contributed by atoms with van der Waals surface area (Å²) in [7, 11) is 0. The highest BCUT2D eigenvalue weighted by Crippen LogP contribution is 2.41. The lowest BCUT2D eigenvalue weighted by molar-refractivity contribution is -0.187. The van der Waals surface area contributed by atoms with Gasteiger partial charge in [-0.2, -0.15) is 13.2 Å². The number of aliphatic carboxylic acids is 1. The monoisotopic (exact) mass is 309 g/mol. The quantitative estimate of drug-likeness (QED) is 0.808. The Bertz CT molecular complexity index is 426. The molecule has 1 saturated heterocycles. The van der Waals surface area contributed by atoms with E-state index in [9.17, 15) is 27.9 Å². The largest absolute Gasteiger partial charge is 0.480 e. The van der Waals surface area contributed by atoms with Crippen molar-refractivity contribution in [2.24, 2.45) is 11.8 Å². The van der Waals surface area contributed by atoms with E-state index in [1.54, 1.807) is 0 Å². The average Bonchev–Trinajstić information content (AvgIpc) is 2.79. The third-order valence-electron chi connectivity index (χ3n) is 4.33. The van der Waals surface area contributed by atoms with Gasteiger partial charge in [0, 0.05) is 18.9 Å². The molecule has 1 saturated carbocycles. The van der Waals surface area contributed by atoms with Gasteiger partial charge in [0.25, 0.3) is 0 Å². The van der Waals surface area contributed by atoms with Crippen molar-refractivity contribution in [2.45, 2.75) is 50.4 Å². The van der Waals surface area contributed by atoms with Crippen molar-refractivity contribution in [3.05, 3.63) is 0 Å². The highest BCUT2D eigenvalue weighted by molar-refractivity contribution is 5.86. The fourth-order valence-electron chi connectivity index (χ4n) is 3.24. The Labute approximate surface area is 119 Å². The first-order chi connectivity index (χ1) is 9.70. The number of β-amino-alcohol motifs (C(OH)–C–C–N with tert-alkyl or cyclic N) is 1. The van der Waals surface area contributed by atoms with Crippen molar-refractivity contribution in [3.8, 4) is 0 Å². The van der Waals surface area contributed by atoms with Crippen LogP contribution in [0.25, 0.3) is 0 Å². The predicted octanol–water partition coefficient (Wildman–Crippen LogP) is 1.40. The molecule has 0 aromatic carbocycles. The molecule has 1 aliphatic carbocycles. The van der Waals surface area contributed by atoms with Crippen LogP contribution in [0.5, 0.6) is 0 Å². The molecule has 0 aromatic heterocycles. The highest BCUT2D eigenvalue weighted by atomic mass is 19.4. The zero-order valence-corrected chi connectivity index (χ0v) is 11.3. The van der Waals surface area contributed by atoms with Crippen molar-refractivity contribution in [1.82, 2.24) is 4.90 Å². The maximum absolute atomic E-state index is 12.8. The number of amides is 1. The minimum atomic E-state index is -4.32. The fraction of sp³-hybridized carbons (Fsp3) is 0.846. The van der Waals surface area contributed by atoms with Crippen molar-refractivity contribution >= 4 is 11.9 Å². The number of carboxylic acids is 1. The molecule has 5 nitrogen and oxygen atoms in total. The number of rotatable bonds is 2. The van der Waals surface area contributed by atoms with Crippen LogP contribution in [0.3, 0.4) is 0 Å². The minimum Gasteiger partial charge on any atom is -0.480 e. The molecule has 1 aliphatic heterocycles. The van der Waals surface area contributed by atoms with Crippen molar-refractivity contribution in [1.29, 1.82) is 0 Å². The Morgan fingerprint density at radius 1 is 1.14 bits per heavy atom. The summed E-state index contributed by atoms with van der Waals surface area (Å²) in [6, 6.07) is -1.14. The van der Waals surface area contributed by atoms with Crippen molar-refractivity contribution < 1.29 is 33.0 Å². The molecule has 2 aliphatic rings. The molecular formula is C13H18F3NO4. The van der Waals surface area contributed by atoms with Gasteiger partial charge in [0.1, 0.15) is 6.04 Å². The zero-order chi connectivity index (χ0) is 15.8. The molecule has 1 heterocycles. The number of aliphatic hydroxyl groups excluding tert-OH is 1. The molecule has 2 N–H and O–H groups in total. The van der Waals surface area contributed by atoms with Crippen LogP contribution in [0.2, 0.25) is 0 Å². The van der Waals surface area contributed by atoms with Gasteiger partial charge in [-0.1, -0.05) is 6.42 Å². The lowest BCUT2D eigenvalue weighted by Gasteiger charge is -2.33. The van der Waals surface area contributed by atoms with Gasteiger partial charge in [-0.05, 0) is 19.3 Å². The van der Waals surface area contributed by atoms with Crippen molar-refractivity contribution in [2.75, 3.05) is 6.54 Å². The lowest BCUT2D eigenvalue weighted by Crippen LogP contribution is -2.45. The molecular weight excluding hydrogens is 291 g/mol. The molecule has 0 radical (unpaired) electrons. The third kappa shape index (κ3) is 3.48. The van der Waals surface area contributed by atoms with Gasteiger partial charge < -0.3 is 15.1 Å². The van der Waals surface area contributed by atoms with E-state index in [2.05, 4.69) is 0 Å². The van der Waals surface area contributed by atoms with Crippen LogP contribution < -0.4 is 0 Å². The Balaban J connectivity index is 2.07. The van der Waals surface area contributed by atoms with Crippen LogP contribution >= 0.6 is 0 Å². The summed E-state index contributed by atoms with van der Waals surface area (Å²) in [4.78, 5) is 24.4. The van der Waals surface area contributed by atoms with E-state index in [-0.39, 0.29) is 25.8 Å². The fourth-order valence-corrected chi connectivity index (χ4v) is 3.24. The Kier molecular flexibility index (Phi) is 4.46. The Morgan fingerprint density at radius 3 is 2.38 bits per heavy atom. The van der Waals surface area contributed by atoms with Gasteiger partial charge in [-0.15, -0.1) is 0 Å². The normalized spacial score (nSPS) is 34.0. The first-order valence-corrected chi connectivity index (χ1v) is 6.98. The van der Waals surface area contributed by atoms with Crippen LogP contribution in [-0.2, 0) is 9.59 Å². The highest BCUT2D eigenvalue weighted by Gasteiger charge is 2.46. The zero-order valence-electron chi connectivity index (χ0n) is 11.3. The summed E-state index contributed by atoms with van der Waals surface area (Å²) < 4.78 is 38.3. The Morgan fingerprint density at radius 2 is 1.81 bits per heavy atom. The van der Waals surface area contributed by atoms with Crippen LogP contribution in [-0.4, -0.2) is 51.9 Å². The second-order valence-electron chi connectivity index (χ2n) is 5.84. The second kappa shape index (κ2) is 5.82. The number of carbonyl (C=O) groups is 2. The first kappa shape index (κ1) is 16.1. The van der Waals surface area contributed by atoms with E-state index in [0.29, 0.717) is 12.8 Å². The van der Waals surface area contributed by atoms with E-state index in [1.165, 1.54) is 0 Å². The summed E-state index contributed by atoms with van der Waals surface area (Å²) in [6.45, 7) is -0.122. The SMILES string of the molecule is O=C(O)C1CC(O)CN1C(=O)C1CCCC(C(F)(F)F)C1. The molecule has 4 unspecified atom stereocenters. The van der Waals surface area contributed by atoms with Crippen LogP contribution in [0.4, 0.5) is 13.2 Å². The minimum absolute atomic E-state index is 0.0122. The summed E-state index contributed by atoms with van der Waals surface area (Å²) in [6.07, 6.45) is -4.97. The average molecular weight is 309 g/mol. The third-order valence-corrected chi connectivity index (χ3v) is 4.33. The second-order valence-corrected chi connectivity index (χ2v) is 5.84. The Hall–Kier alpha value is -1.31. The summed E-state index contributed by atoms with van der Waals surface area (Å²) in [5.74, 6) is -4.12. The number of halogens is 3. The molecule has 2 fully saturated rings. The number of hydrogen-bond acceptors (Lipinski definition) is 3. The van der Waals surface area contributed by atoms with Crippen molar-refractivity contribution in [3.63, 3.8) is 0 Å². The van der Waals surface area contributed by atoms with E-state index in [4.69, 9.17) is 5.11 Å². The number of alkyl halides is 3. The number of likely N-dealkylation sites (tertiary alicyclic amines) is 1. The number of nitrogens with zero attached hydrogens (tertiary/aromatic N) is 1. The molecule has 8 heteroatoms. The molecule has 120 valence electrons. The van der Waals surface area contributed by atoms with Crippen LogP contribution in [0, 0.1) is 11.8 Å². The van der Waals surface area contributed by atoms with E-state index in [0.717, 1.165) is 4.90 Å². The van der Waals surface area contributed by atoms with Gasteiger partial charge in [0.2, 0.25) is 5.91 Å². The number of hydrogen-bond donors (Lipinski definition) is 2. The standard InChI is InChI=1S/C13H18F3NO4/c14-13(15,16)8-3-1-2-7(4-8)11(19)17-6-9(18)5-10(17)12(20)21/h7-10,18H,1-6H2,(H,20,21). The topological polar surface area (TPSA) is 77.8 Å². The molecule has 1 amide bonds. The maximum atomic E-state index is 12.8. The molecule has 21 heavy (non-hydrogen) atoms. The van der Waals surface area contributed by atoms with Crippen LogP contribution in [0.15, 0.2) is 0 Å². The van der Waals surface area contributed by atoms with E-state index >= 15 is 0 Å². The molecule has 2 rings (SSSR count). The number of aliphatic hydroxyl groups is 1. The summed E-state index contributed by atoms with van der Waals surface area (Å²) >= 11 is 0. The molecule has 0 spiro atoms. The van der Waals surface area contributed by atoms with Gasteiger partial charge >= 0.3 is 12.1 Å². The summed E-state index contributed by atoms with van der Waals surface area (Å²) in [5.41, 5.74) is 0. The van der Waals surface area contributed by atoms with E-state index in [1.807, 2.05) is 0 Å². The van der Waals surface area contributed by atoms with Gasteiger partial charge in [0.05, 0.1) is 12.0 Å². The van der Waals surface area contributed by atoms with E-state index < -0.39 is 42.0 Å². The van der Waals surface area contributed by atoms with Gasteiger partial charge in [0.15, 0.2) is 0 Å². The molecule has 0 aromatic rings. The molecule has 4 atom stereocenters. The predicted molar refractivity (Wildman–Crippen MR) is 65.3 cm³/mol.